The van der Waals surface area contributed by atoms with Gasteiger partial charge in [-0.2, -0.15) is 0 Å². The van der Waals surface area contributed by atoms with Crippen LogP contribution in [0.5, 0.6) is 0 Å². The average molecular weight is 388 g/mol. The zero-order valence-electron chi connectivity index (χ0n) is 15.6. The number of likely N-dealkylation sites (tertiary alicyclic amines) is 1. The van der Waals surface area contributed by atoms with Crippen molar-refractivity contribution in [2.24, 2.45) is 0 Å². The average Bonchev–Trinajstić information content (AvgIpc) is 3.16. The number of hydrogen-bond acceptors (Lipinski definition) is 4. The van der Waals surface area contributed by atoms with Crippen LogP contribution in [0.3, 0.4) is 0 Å². The number of carbonyl (C=O) groups excluding carboxylic acids is 1. The fraction of sp³-hybridized carbons (Fsp3) is 0.350. The third kappa shape index (κ3) is 3.99. The van der Waals surface area contributed by atoms with Crippen molar-refractivity contribution in [2.45, 2.75) is 23.8 Å². The minimum atomic E-state index is -3.67. The molecule has 7 heteroatoms. The molecule has 0 saturated carbocycles. The van der Waals surface area contributed by atoms with E-state index in [-0.39, 0.29) is 16.8 Å². The number of sulfonamides is 1. The molecule has 0 spiro atoms. The van der Waals surface area contributed by atoms with Gasteiger partial charge in [0.1, 0.15) is 0 Å². The normalized spacial score (nSPS) is 17.1. The summed E-state index contributed by atoms with van der Waals surface area (Å²) in [6.07, 6.45) is 1.98. The first kappa shape index (κ1) is 19.4. The van der Waals surface area contributed by atoms with Gasteiger partial charge in [-0.3, -0.25) is 9.10 Å². The molecule has 27 heavy (non-hydrogen) atoms. The number of nitrogens with zero attached hydrogens (tertiary/aromatic N) is 2. The maximum atomic E-state index is 12.8. The highest BCUT2D eigenvalue weighted by Gasteiger charge is 2.29. The summed E-state index contributed by atoms with van der Waals surface area (Å²) in [5, 5.41) is 3.12. The van der Waals surface area contributed by atoms with Gasteiger partial charge in [0.15, 0.2) is 0 Å². The van der Waals surface area contributed by atoms with Crippen molar-refractivity contribution in [3.05, 3.63) is 60.2 Å². The van der Waals surface area contributed by atoms with Gasteiger partial charge >= 0.3 is 0 Å². The van der Waals surface area contributed by atoms with E-state index in [1.807, 2.05) is 18.0 Å². The standard InChI is InChI=1S/C20H25N3O3S/c1-21-15-18-9-6-14-23(18)20(24)16-10-12-19(13-11-16)27(25,26)22(2)17-7-4-3-5-8-17/h3-5,7-8,10-13,18,21H,6,9,14-15H2,1-2H3. The summed E-state index contributed by atoms with van der Waals surface area (Å²) in [7, 11) is -0.272. The van der Waals surface area contributed by atoms with Crippen molar-refractivity contribution >= 4 is 21.6 Å². The number of benzene rings is 2. The van der Waals surface area contributed by atoms with E-state index in [1.54, 1.807) is 36.4 Å². The molecular weight excluding hydrogens is 362 g/mol. The summed E-state index contributed by atoms with van der Waals surface area (Å²) in [5.41, 5.74) is 1.10. The van der Waals surface area contributed by atoms with E-state index in [2.05, 4.69) is 5.32 Å². The van der Waals surface area contributed by atoms with Gasteiger partial charge in [-0.25, -0.2) is 8.42 Å². The number of para-hydroxylation sites is 1. The van der Waals surface area contributed by atoms with E-state index in [9.17, 15) is 13.2 Å². The topological polar surface area (TPSA) is 69.7 Å². The van der Waals surface area contributed by atoms with E-state index >= 15 is 0 Å². The number of carbonyl (C=O) groups is 1. The predicted octanol–water partition coefficient (Wildman–Crippen LogP) is 2.34. The van der Waals surface area contributed by atoms with Gasteiger partial charge in [-0.05, 0) is 56.3 Å². The quantitative estimate of drug-likeness (QED) is 0.826. The molecule has 1 amide bonds. The van der Waals surface area contributed by atoms with Crippen LogP contribution in [-0.2, 0) is 10.0 Å². The Labute approximate surface area is 160 Å². The summed E-state index contributed by atoms with van der Waals surface area (Å²) in [5.74, 6) is -0.0480. The number of likely N-dealkylation sites (N-methyl/N-ethyl adjacent to an activating group) is 1. The van der Waals surface area contributed by atoms with Crippen molar-refractivity contribution in [3.8, 4) is 0 Å². The molecule has 2 aromatic rings. The molecule has 1 aliphatic heterocycles. The minimum absolute atomic E-state index is 0.0480. The lowest BCUT2D eigenvalue weighted by Gasteiger charge is -2.25. The van der Waals surface area contributed by atoms with E-state index in [4.69, 9.17) is 0 Å². The molecule has 0 aliphatic carbocycles. The molecule has 6 nitrogen and oxygen atoms in total. The maximum absolute atomic E-state index is 12.8. The van der Waals surface area contributed by atoms with Crippen LogP contribution in [-0.4, -0.2) is 52.5 Å². The molecule has 3 rings (SSSR count). The van der Waals surface area contributed by atoms with Crippen molar-refractivity contribution < 1.29 is 13.2 Å². The molecule has 1 saturated heterocycles. The van der Waals surface area contributed by atoms with Gasteiger partial charge in [0.2, 0.25) is 0 Å². The SMILES string of the molecule is CNCC1CCCN1C(=O)c1ccc(S(=O)(=O)N(C)c2ccccc2)cc1. The second-order valence-electron chi connectivity index (χ2n) is 6.68. The number of nitrogens with one attached hydrogen (secondary N) is 1. The zero-order valence-corrected chi connectivity index (χ0v) is 16.4. The van der Waals surface area contributed by atoms with Gasteiger partial charge < -0.3 is 10.2 Å². The number of amides is 1. The number of hydrogen-bond donors (Lipinski definition) is 1. The first-order chi connectivity index (χ1) is 12.9. The highest BCUT2D eigenvalue weighted by molar-refractivity contribution is 7.92. The molecule has 0 aromatic heterocycles. The molecule has 1 aliphatic rings. The van der Waals surface area contributed by atoms with Crippen LogP contribution >= 0.6 is 0 Å². The third-order valence-electron chi connectivity index (χ3n) is 4.96. The van der Waals surface area contributed by atoms with Crippen molar-refractivity contribution in [1.29, 1.82) is 0 Å². The fourth-order valence-corrected chi connectivity index (χ4v) is 4.62. The van der Waals surface area contributed by atoms with Crippen molar-refractivity contribution in [2.75, 3.05) is 31.5 Å². The van der Waals surface area contributed by atoms with Crippen LogP contribution in [0.4, 0.5) is 5.69 Å². The van der Waals surface area contributed by atoms with Gasteiger partial charge in [0.05, 0.1) is 10.6 Å². The summed E-state index contributed by atoms with van der Waals surface area (Å²) < 4.78 is 26.9. The van der Waals surface area contributed by atoms with Crippen LogP contribution in [0.25, 0.3) is 0 Å². The summed E-state index contributed by atoms with van der Waals surface area (Å²) in [4.78, 5) is 14.8. The first-order valence-corrected chi connectivity index (χ1v) is 10.5. The van der Waals surface area contributed by atoms with E-state index in [0.29, 0.717) is 11.3 Å². The van der Waals surface area contributed by atoms with E-state index in [1.165, 1.54) is 23.5 Å². The van der Waals surface area contributed by atoms with Crippen LogP contribution < -0.4 is 9.62 Å². The van der Waals surface area contributed by atoms with E-state index < -0.39 is 10.0 Å². The van der Waals surface area contributed by atoms with Crippen LogP contribution in [0.2, 0.25) is 0 Å². The largest absolute Gasteiger partial charge is 0.334 e. The minimum Gasteiger partial charge on any atom is -0.334 e. The Morgan fingerprint density at radius 1 is 1.15 bits per heavy atom. The predicted molar refractivity (Wildman–Crippen MR) is 106 cm³/mol. The maximum Gasteiger partial charge on any atom is 0.264 e. The monoisotopic (exact) mass is 387 g/mol. The summed E-state index contributed by atoms with van der Waals surface area (Å²) >= 11 is 0. The van der Waals surface area contributed by atoms with Crippen LogP contribution in [0, 0.1) is 0 Å². The van der Waals surface area contributed by atoms with Crippen molar-refractivity contribution in [3.63, 3.8) is 0 Å². The Morgan fingerprint density at radius 2 is 1.81 bits per heavy atom. The Morgan fingerprint density at radius 3 is 2.44 bits per heavy atom. The number of anilines is 1. The Balaban J connectivity index is 1.79. The summed E-state index contributed by atoms with van der Waals surface area (Å²) in [6, 6.07) is 15.3. The summed E-state index contributed by atoms with van der Waals surface area (Å²) in [6.45, 7) is 1.50. The molecule has 0 radical (unpaired) electrons. The van der Waals surface area contributed by atoms with Gasteiger partial charge in [0, 0.05) is 31.7 Å². The lowest BCUT2D eigenvalue weighted by atomic mass is 10.1. The van der Waals surface area contributed by atoms with Gasteiger partial charge in [-0.15, -0.1) is 0 Å². The molecule has 1 atom stereocenters. The lowest BCUT2D eigenvalue weighted by Crippen LogP contribution is -2.40. The Bertz CT molecular complexity index is 882. The Kier molecular flexibility index (Phi) is 5.82. The molecule has 144 valence electrons. The molecule has 0 bridgehead atoms. The highest BCUT2D eigenvalue weighted by Crippen LogP contribution is 2.24. The fourth-order valence-electron chi connectivity index (χ4n) is 3.42. The second kappa shape index (κ2) is 8.10. The third-order valence-corrected chi connectivity index (χ3v) is 6.76. The lowest BCUT2D eigenvalue weighted by molar-refractivity contribution is 0.0737. The number of rotatable bonds is 6. The smallest absolute Gasteiger partial charge is 0.264 e. The van der Waals surface area contributed by atoms with E-state index in [0.717, 1.165) is 25.9 Å². The second-order valence-corrected chi connectivity index (χ2v) is 8.65. The Hall–Kier alpha value is -2.38. The van der Waals surface area contributed by atoms with Gasteiger partial charge in [0.25, 0.3) is 15.9 Å². The zero-order chi connectivity index (χ0) is 19.4. The molecule has 1 fully saturated rings. The van der Waals surface area contributed by atoms with Crippen molar-refractivity contribution in [1.82, 2.24) is 10.2 Å². The molecule has 1 unspecified atom stereocenters. The molecule has 2 aromatic carbocycles. The molecule has 1 heterocycles. The molecular formula is C20H25N3O3S. The first-order valence-electron chi connectivity index (χ1n) is 9.05. The van der Waals surface area contributed by atoms with Gasteiger partial charge in [-0.1, -0.05) is 18.2 Å². The van der Waals surface area contributed by atoms with Crippen LogP contribution in [0.15, 0.2) is 59.5 Å². The highest BCUT2D eigenvalue weighted by atomic mass is 32.2. The molecule has 1 N–H and O–H groups in total. The van der Waals surface area contributed by atoms with Crippen LogP contribution in [0.1, 0.15) is 23.2 Å².